The molecule has 3 rings (SSSR count). The van der Waals surface area contributed by atoms with Gasteiger partial charge in [0.15, 0.2) is 6.61 Å². The summed E-state index contributed by atoms with van der Waals surface area (Å²) in [6.07, 6.45) is -0.740. The molecule has 0 saturated carbocycles. The summed E-state index contributed by atoms with van der Waals surface area (Å²) in [4.78, 5) is 22.5. The van der Waals surface area contributed by atoms with Crippen LogP contribution in [0, 0.1) is 0 Å². The van der Waals surface area contributed by atoms with Gasteiger partial charge in [0.2, 0.25) is 0 Å². The Balaban J connectivity index is 1.47. The SMILES string of the molecule is CC(COc1ccc(O)cc1C(N)=O)c1ccccc1CNCC(O)COc1ccc(OCC(N)=O)cc1. The van der Waals surface area contributed by atoms with Crippen LogP contribution >= 0.6 is 0 Å². The van der Waals surface area contributed by atoms with Gasteiger partial charge in [-0.2, -0.15) is 0 Å². The van der Waals surface area contributed by atoms with Crippen molar-refractivity contribution >= 4 is 11.8 Å². The van der Waals surface area contributed by atoms with Crippen molar-refractivity contribution in [3.63, 3.8) is 0 Å². The van der Waals surface area contributed by atoms with Crippen LogP contribution in [0.2, 0.25) is 0 Å². The number of rotatable bonds is 15. The molecule has 0 aliphatic heterocycles. The van der Waals surface area contributed by atoms with E-state index in [1.807, 2.05) is 31.2 Å². The highest BCUT2D eigenvalue weighted by molar-refractivity contribution is 5.96. The maximum Gasteiger partial charge on any atom is 0.255 e. The first kappa shape index (κ1) is 28.3. The lowest BCUT2D eigenvalue weighted by Crippen LogP contribution is -2.31. The predicted octanol–water partition coefficient (Wildman–Crippen LogP) is 2.07. The van der Waals surface area contributed by atoms with Gasteiger partial charge in [0, 0.05) is 19.0 Å². The molecule has 202 valence electrons. The van der Waals surface area contributed by atoms with E-state index in [1.54, 1.807) is 24.3 Å². The molecule has 0 aromatic heterocycles. The summed E-state index contributed by atoms with van der Waals surface area (Å²) >= 11 is 0. The first-order chi connectivity index (χ1) is 18.2. The number of hydrogen-bond donors (Lipinski definition) is 5. The van der Waals surface area contributed by atoms with Crippen molar-refractivity contribution in [3.8, 4) is 23.0 Å². The Bertz CT molecular complexity index is 1220. The molecule has 2 amide bonds. The van der Waals surface area contributed by atoms with Gasteiger partial charge in [-0.05, 0) is 53.6 Å². The number of nitrogens with two attached hydrogens (primary N) is 2. The minimum absolute atomic E-state index is 0.00860. The zero-order valence-corrected chi connectivity index (χ0v) is 21.1. The smallest absolute Gasteiger partial charge is 0.255 e. The van der Waals surface area contributed by atoms with Crippen molar-refractivity contribution in [2.45, 2.75) is 25.5 Å². The van der Waals surface area contributed by atoms with E-state index >= 15 is 0 Å². The summed E-state index contributed by atoms with van der Waals surface area (Å²) in [5.41, 5.74) is 12.7. The molecule has 3 aromatic rings. The predicted molar refractivity (Wildman–Crippen MR) is 141 cm³/mol. The minimum atomic E-state index is -0.740. The van der Waals surface area contributed by atoms with E-state index in [9.17, 15) is 19.8 Å². The van der Waals surface area contributed by atoms with E-state index in [0.29, 0.717) is 36.9 Å². The van der Waals surface area contributed by atoms with E-state index in [2.05, 4.69) is 5.32 Å². The summed E-state index contributed by atoms with van der Waals surface area (Å²) in [5.74, 6) is 0.0594. The molecule has 0 radical (unpaired) electrons. The summed E-state index contributed by atoms with van der Waals surface area (Å²) in [7, 11) is 0. The van der Waals surface area contributed by atoms with E-state index in [4.69, 9.17) is 25.7 Å². The molecule has 0 aliphatic rings. The number of ether oxygens (including phenoxy) is 3. The average molecular weight is 524 g/mol. The van der Waals surface area contributed by atoms with Crippen molar-refractivity contribution in [1.82, 2.24) is 5.32 Å². The highest BCUT2D eigenvalue weighted by atomic mass is 16.5. The number of hydrogen-bond acceptors (Lipinski definition) is 8. The lowest BCUT2D eigenvalue weighted by atomic mass is 9.96. The van der Waals surface area contributed by atoms with E-state index in [-0.39, 0.29) is 30.4 Å². The summed E-state index contributed by atoms with van der Waals surface area (Å²) in [5, 5.41) is 23.2. The van der Waals surface area contributed by atoms with Crippen molar-refractivity contribution in [3.05, 3.63) is 83.4 Å². The number of amides is 2. The Labute approximate surface area is 221 Å². The van der Waals surface area contributed by atoms with Gasteiger partial charge in [-0.3, -0.25) is 9.59 Å². The fraction of sp³-hybridized carbons (Fsp3) is 0.286. The van der Waals surface area contributed by atoms with E-state index in [0.717, 1.165) is 11.1 Å². The zero-order valence-electron chi connectivity index (χ0n) is 21.1. The van der Waals surface area contributed by atoms with Crippen LogP contribution in [0.15, 0.2) is 66.7 Å². The Morgan fingerprint density at radius 1 is 0.921 bits per heavy atom. The maximum atomic E-state index is 11.7. The third-order valence-corrected chi connectivity index (χ3v) is 5.65. The molecular formula is C28H33N3O7. The molecule has 0 aliphatic carbocycles. The van der Waals surface area contributed by atoms with Gasteiger partial charge in [0.25, 0.3) is 11.8 Å². The van der Waals surface area contributed by atoms with Crippen LogP contribution in [0.5, 0.6) is 23.0 Å². The number of phenolic OH excluding ortho intramolecular Hbond substituents is 1. The Morgan fingerprint density at radius 3 is 2.29 bits per heavy atom. The van der Waals surface area contributed by atoms with Crippen LogP contribution in [-0.4, -0.2) is 54.5 Å². The third kappa shape index (κ3) is 8.68. The number of nitrogens with one attached hydrogen (secondary N) is 1. The molecule has 7 N–H and O–H groups in total. The molecule has 38 heavy (non-hydrogen) atoms. The number of aliphatic hydroxyl groups is 1. The quantitative estimate of drug-likeness (QED) is 0.202. The number of primary amides is 2. The van der Waals surface area contributed by atoms with E-state index in [1.165, 1.54) is 18.2 Å². The molecular weight excluding hydrogens is 490 g/mol. The second kappa shape index (κ2) is 13.9. The first-order valence-electron chi connectivity index (χ1n) is 12.1. The lowest BCUT2D eigenvalue weighted by Gasteiger charge is -2.19. The largest absolute Gasteiger partial charge is 0.508 e. The van der Waals surface area contributed by atoms with Gasteiger partial charge >= 0.3 is 0 Å². The second-order valence-corrected chi connectivity index (χ2v) is 8.78. The number of carbonyl (C=O) groups is 2. The molecule has 0 saturated heterocycles. The molecule has 10 nitrogen and oxygen atoms in total. The fourth-order valence-electron chi connectivity index (χ4n) is 3.73. The molecule has 0 bridgehead atoms. The molecule has 3 aromatic carbocycles. The summed E-state index contributed by atoms with van der Waals surface area (Å²) in [6.45, 7) is 3.04. The highest BCUT2D eigenvalue weighted by Gasteiger charge is 2.15. The Kier molecular flexibility index (Phi) is 10.3. The number of carbonyl (C=O) groups excluding carboxylic acids is 2. The summed E-state index contributed by atoms with van der Waals surface area (Å²) < 4.78 is 16.7. The van der Waals surface area contributed by atoms with Crippen molar-refractivity contribution in [1.29, 1.82) is 0 Å². The molecule has 0 heterocycles. The van der Waals surface area contributed by atoms with Gasteiger partial charge in [0.1, 0.15) is 35.7 Å². The average Bonchev–Trinajstić information content (AvgIpc) is 2.90. The fourth-order valence-corrected chi connectivity index (χ4v) is 3.73. The van der Waals surface area contributed by atoms with Crippen molar-refractivity contribution in [2.24, 2.45) is 11.5 Å². The van der Waals surface area contributed by atoms with Crippen LogP contribution < -0.4 is 31.0 Å². The lowest BCUT2D eigenvalue weighted by molar-refractivity contribution is -0.119. The zero-order chi connectivity index (χ0) is 27.5. The summed E-state index contributed by atoms with van der Waals surface area (Å²) in [6, 6.07) is 18.8. The van der Waals surface area contributed by atoms with Gasteiger partial charge in [-0.25, -0.2) is 0 Å². The van der Waals surface area contributed by atoms with Gasteiger partial charge < -0.3 is 41.2 Å². The molecule has 2 unspecified atom stereocenters. The van der Waals surface area contributed by atoms with Crippen LogP contribution in [0.1, 0.15) is 34.3 Å². The molecule has 2 atom stereocenters. The number of aromatic hydroxyl groups is 1. The molecule has 0 fully saturated rings. The normalized spacial score (nSPS) is 12.4. The van der Waals surface area contributed by atoms with Crippen LogP contribution in [0.3, 0.4) is 0 Å². The van der Waals surface area contributed by atoms with Crippen molar-refractivity contribution < 1.29 is 34.0 Å². The number of aliphatic hydroxyl groups excluding tert-OH is 1. The standard InChI is InChI=1S/C28H33N3O7/c1-18(15-38-26-11-6-20(32)12-25(26)28(30)35)24-5-3-2-4-19(24)13-31-14-21(33)16-36-22-7-9-23(10-8-22)37-17-27(29)34/h2-12,18,21,31-33H,13-17H2,1H3,(H2,29,34)(H2,30,35). The highest BCUT2D eigenvalue weighted by Crippen LogP contribution is 2.26. The number of benzene rings is 3. The maximum absolute atomic E-state index is 11.7. The monoisotopic (exact) mass is 523 g/mol. The van der Waals surface area contributed by atoms with Crippen LogP contribution in [0.25, 0.3) is 0 Å². The van der Waals surface area contributed by atoms with E-state index < -0.39 is 17.9 Å². The van der Waals surface area contributed by atoms with Crippen LogP contribution in [0.4, 0.5) is 0 Å². The molecule has 0 spiro atoms. The van der Waals surface area contributed by atoms with Crippen LogP contribution in [-0.2, 0) is 11.3 Å². The topological polar surface area (TPSA) is 166 Å². The molecule has 10 heteroatoms. The Hall–Kier alpha value is -4.28. The minimum Gasteiger partial charge on any atom is -0.508 e. The van der Waals surface area contributed by atoms with Crippen molar-refractivity contribution in [2.75, 3.05) is 26.4 Å². The number of phenols is 1. The second-order valence-electron chi connectivity index (χ2n) is 8.78. The van der Waals surface area contributed by atoms with Gasteiger partial charge in [-0.1, -0.05) is 31.2 Å². The Morgan fingerprint density at radius 2 is 1.61 bits per heavy atom. The van der Waals surface area contributed by atoms with Gasteiger partial charge in [-0.15, -0.1) is 0 Å². The first-order valence-corrected chi connectivity index (χ1v) is 12.1. The van der Waals surface area contributed by atoms with Gasteiger partial charge in [0.05, 0.1) is 12.2 Å². The third-order valence-electron chi connectivity index (χ3n) is 5.65.